The van der Waals surface area contributed by atoms with Gasteiger partial charge in [-0.1, -0.05) is 11.6 Å². The third-order valence-corrected chi connectivity index (χ3v) is 2.95. The number of halogens is 2. The van der Waals surface area contributed by atoms with Gasteiger partial charge in [0.2, 0.25) is 0 Å². The molecule has 1 heterocycles. The van der Waals surface area contributed by atoms with Gasteiger partial charge in [-0.2, -0.15) is 0 Å². The highest BCUT2D eigenvalue weighted by molar-refractivity contribution is 5.86. The van der Waals surface area contributed by atoms with Crippen LogP contribution < -0.4 is 0 Å². The third-order valence-electron chi connectivity index (χ3n) is 2.95. The van der Waals surface area contributed by atoms with Crippen molar-refractivity contribution in [1.29, 1.82) is 0 Å². The molecule has 1 aromatic heterocycles. The summed E-state index contributed by atoms with van der Waals surface area (Å²) in [4.78, 5) is 3.16. The molecule has 3 rings (SSSR count). The molecule has 0 spiro atoms. The molecule has 0 aliphatic carbocycles. The van der Waals surface area contributed by atoms with E-state index in [-0.39, 0.29) is 0 Å². The van der Waals surface area contributed by atoms with Gasteiger partial charge in [0.25, 0.3) is 0 Å². The summed E-state index contributed by atoms with van der Waals surface area (Å²) in [5.41, 5.74) is 3.34. The maximum Gasteiger partial charge on any atom is 0.126 e. The Morgan fingerprint density at radius 1 is 0.889 bits per heavy atom. The van der Waals surface area contributed by atoms with Crippen molar-refractivity contribution in [3.63, 3.8) is 0 Å². The smallest absolute Gasteiger partial charge is 0.126 e. The lowest BCUT2D eigenvalue weighted by Crippen LogP contribution is -1.83. The molecular weight excluding hydrogens is 232 g/mol. The summed E-state index contributed by atoms with van der Waals surface area (Å²) < 4.78 is 26.4. The molecule has 1 nitrogen and oxygen atoms in total. The van der Waals surface area contributed by atoms with E-state index in [0.29, 0.717) is 11.3 Å². The summed E-state index contributed by atoms with van der Waals surface area (Å²) in [6.45, 7) is 2.01. The van der Waals surface area contributed by atoms with E-state index in [1.807, 2.05) is 31.2 Å². The van der Waals surface area contributed by atoms with Gasteiger partial charge in [0, 0.05) is 28.2 Å². The number of fused-ring (bicyclic) bond motifs is 1. The molecule has 0 saturated heterocycles. The van der Waals surface area contributed by atoms with Crippen LogP contribution in [0.3, 0.4) is 0 Å². The molecule has 90 valence electrons. The van der Waals surface area contributed by atoms with Gasteiger partial charge in [-0.3, -0.25) is 0 Å². The Kier molecular flexibility index (Phi) is 2.40. The average Bonchev–Trinajstić information content (AvgIpc) is 2.70. The highest BCUT2D eigenvalue weighted by atomic mass is 19.1. The number of hydrogen-bond acceptors (Lipinski definition) is 0. The standard InChI is InChI=1S/C15H11F2N/c1-9-2-3-14-10(4-9)7-15(18-14)11-5-12(16)8-13(17)6-11/h2-8,18H,1H3. The maximum absolute atomic E-state index is 13.2. The molecule has 0 aliphatic rings. The lowest BCUT2D eigenvalue weighted by Gasteiger charge is -1.98. The van der Waals surface area contributed by atoms with Crippen LogP contribution in [0.4, 0.5) is 8.78 Å². The molecule has 0 unspecified atom stereocenters. The Balaban J connectivity index is 2.19. The van der Waals surface area contributed by atoms with Crippen LogP contribution in [0.5, 0.6) is 0 Å². The molecule has 0 radical (unpaired) electrons. The van der Waals surface area contributed by atoms with Crippen molar-refractivity contribution in [3.05, 3.63) is 59.7 Å². The third kappa shape index (κ3) is 1.88. The van der Waals surface area contributed by atoms with Crippen molar-refractivity contribution in [1.82, 2.24) is 4.98 Å². The number of hydrogen-bond donors (Lipinski definition) is 1. The Labute approximate surface area is 103 Å². The second-order valence-corrected chi connectivity index (χ2v) is 4.43. The van der Waals surface area contributed by atoms with Crippen LogP contribution in [-0.2, 0) is 0 Å². The van der Waals surface area contributed by atoms with Crippen LogP contribution in [0.2, 0.25) is 0 Å². The number of benzene rings is 2. The van der Waals surface area contributed by atoms with E-state index < -0.39 is 11.6 Å². The first-order chi connectivity index (χ1) is 8.61. The van der Waals surface area contributed by atoms with Crippen LogP contribution in [0.15, 0.2) is 42.5 Å². The SMILES string of the molecule is Cc1ccc2[nH]c(-c3cc(F)cc(F)c3)cc2c1. The summed E-state index contributed by atoms with van der Waals surface area (Å²) in [6.07, 6.45) is 0. The van der Waals surface area contributed by atoms with Crippen molar-refractivity contribution in [2.45, 2.75) is 6.92 Å². The molecule has 1 N–H and O–H groups in total. The summed E-state index contributed by atoms with van der Waals surface area (Å²) in [7, 11) is 0. The summed E-state index contributed by atoms with van der Waals surface area (Å²) in [6, 6.07) is 11.4. The van der Waals surface area contributed by atoms with Gasteiger partial charge in [-0.15, -0.1) is 0 Å². The fourth-order valence-corrected chi connectivity index (χ4v) is 2.12. The molecule has 3 heteroatoms. The zero-order valence-electron chi connectivity index (χ0n) is 9.80. The molecule has 18 heavy (non-hydrogen) atoms. The molecule has 3 aromatic rings. The van der Waals surface area contributed by atoms with Crippen LogP contribution >= 0.6 is 0 Å². The van der Waals surface area contributed by atoms with Crippen molar-refractivity contribution in [2.24, 2.45) is 0 Å². The van der Waals surface area contributed by atoms with Crippen molar-refractivity contribution in [2.75, 3.05) is 0 Å². The number of rotatable bonds is 1. The lowest BCUT2D eigenvalue weighted by molar-refractivity contribution is 0.584. The molecular formula is C15H11F2N. The number of H-pyrrole nitrogens is 1. The zero-order valence-corrected chi connectivity index (χ0v) is 9.80. The van der Waals surface area contributed by atoms with Crippen LogP contribution in [0.1, 0.15) is 5.56 Å². The second kappa shape index (κ2) is 3.95. The van der Waals surface area contributed by atoms with Crippen molar-refractivity contribution >= 4 is 10.9 Å². The normalized spacial score (nSPS) is 11.1. The maximum atomic E-state index is 13.2. The number of aromatic amines is 1. The Bertz CT molecular complexity index is 708. The quantitative estimate of drug-likeness (QED) is 0.651. The van der Waals surface area contributed by atoms with Crippen LogP contribution in [0, 0.1) is 18.6 Å². The summed E-state index contributed by atoms with van der Waals surface area (Å²) >= 11 is 0. The topological polar surface area (TPSA) is 15.8 Å². The highest BCUT2D eigenvalue weighted by Gasteiger charge is 2.06. The predicted octanol–water partition coefficient (Wildman–Crippen LogP) is 4.42. The van der Waals surface area contributed by atoms with Gasteiger partial charge in [0.05, 0.1) is 0 Å². The largest absolute Gasteiger partial charge is 0.355 e. The Hall–Kier alpha value is -2.16. The number of nitrogens with one attached hydrogen (secondary N) is 1. The molecule has 0 amide bonds. The molecule has 0 atom stereocenters. The molecule has 2 aromatic carbocycles. The van der Waals surface area contributed by atoms with Gasteiger partial charge in [0.15, 0.2) is 0 Å². The van der Waals surface area contributed by atoms with Gasteiger partial charge in [-0.05, 0) is 37.3 Å². The Morgan fingerprint density at radius 3 is 2.33 bits per heavy atom. The Morgan fingerprint density at radius 2 is 1.61 bits per heavy atom. The minimum atomic E-state index is -0.570. The van der Waals surface area contributed by atoms with Gasteiger partial charge in [-0.25, -0.2) is 8.78 Å². The summed E-state index contributed by atoms with van der Waals surface area (Å²) in [5, 5.41) is 1.04. The van der Waals surface area contributed by atoms with E-state index in [1.54, 1.807) is 0 Å². The minimum Gasteiger partial charge on any atom is -0.355 e. The van der Waals surface area contributed by atoms with Gasteiger partial charge < -0.3 is 4.98 Å². The number of aromatic nitrogens is 1. The molecule has 0 saturated carbocycles. The van der Waals surface area contributed by atoms with E-state index in [2.05, 4.69) is 4.98 Å². The van der Waals surface area contributed by atoms with E-state index in [9.17, 15) is 8.78 Å². The lowest BCUT2D eigenvalue weighted by atomic mass is 10.1. The molecule has 0 fully saturated rings. The van der Waals surface area contributed by atoms with Crippen molar-refractivity contribution < 1.29 is 8.78 Å². The highest BCUT2D eigenvalue weighted by Crippen LogP contribution is 2.26. The van der Waals surface area contributed by atoms with Gasteiger partial charge >= 0.3 is 0 Å². The summed E-state index contributed by atoms with van der Waals surface area (Å²) in [5.74, 6) is -1.14. The van der Waals surface area contributed by atoms with Gasteiger partial charge in [0.1, 0.15) is 11.6 Å². The fourth-order valence-electron chi connectivity index (χ4n) is 2.12. The fraction of sp³-hybridized carbons (Fsp3) is 0.0667. The van der Waals surface area contributed by atoms with E-state index >= 15 is 0 Å². The van der Waals surface area contributed by atoms with Crippen LogP contribution in [0.25, 0.3) is 22.2 Å². The first-order valence-electron chi connectivity index (χ1n) is 5.68. The first kappa shape index (κ1) is 11.0. The molecule has 0 aliphatic heterocycles. The predicted molar refractivity (Wildman–Crippen MR) is 68.4 cm³/mol. The first-order valence-corrected chi connectivity index (χ1v) is 5.68. The van der Waals surface area contributed by atoms with E-state index in [0.717, 1.165) is 22.5 Å². The second-order valence-electron chi connectivity index (χ2n) is 4.43. The van der Waals surface area contributed by atoms with Crippen molar-refractivity contribution in [3.8, 4) is 11.3 Å². The minimum absolute atomic E-state index is 0.515. The number of aryl methyl sites for hydroxylation is 1. The van der Waals surface area contributed by atoms with E-state index in [1.165, 1.54) is 12.1 Å². The van der Waals surface area contributed by atoms with E-state index in [4.69, 9.17) is 0 Å². The zero-order chi connectivity index (χ0) is 12.7. The molecule has 0 bridgehead atoms. The average molecular weight is 243 g/mol. The van der Waals surface area contributed by atoms with Crippen LogP contribution in [-0.4, -0.2) is 4.98 Å². The monoisotopic (exact) mass is 243 g/mol.